The van der Waals surface area contributed by atoms with Crippen molar-refractivity contribution in [1.29, 1.82) is 0 Å². The van der Waals surface area contributed by atoms with Crippen molar-refractivity contribution in [2.24, 2.45) is 0 Å². The zero-order chi connectivity index (χ0) is 15.6. The zero-order valence-corrected chi connectivity index (χ0v) is 14.5. The number of furan rings is 1. The summed E-state index contributed by atoms with van der Waals surface area (Å²) >= 11 is 6.10. The van der Waals surface area contributed by atoms with E-state index in [1.807, 2.05) is 22.9 Å². The highest BCUT2D eigenvalue weighted by Crippen LogP contribution is 2.32. The summed E-state index contributed by atoms with van der Waals surface area (Å²) in [5, 5.41) is 17.6. The van der Waals surface area contributed by atoms with Gasteiger partial charge in [-0.1, -0.05) is 6.07 Å². The number of aliphatic hydroxyl groups is 1. The number of carbonyl (C=O) groups is 1. The highest BCUT2D eigenvalue weighted by molar-refractivity contribution is 9.10. The quantitative estimate of drug-likeness (QED) is 0.687. The second-order valence-corrected chi connectivity index (χ2v) is 7.44. The van der Waals surface area contributed by atoms with Crippen LogP contribution < -0.4 is 5.32 Å². The second kappa shape index (κ2) is 6.37. The topological polar surface area (TPSA) is 62.5 Å². The number of rotatable bonds is 5. The van der Waals surface area contributed by atoms with E-state index in [4.69, 9.17) is 4.42 Å². The maximum Gasteiger partial charge on any atom is 0.261 e. The Morgan fingerprint density at radius 1 is 1.41 bits per heavy atom. The van der Waals surface area contributed by atoms with E-state index in [0.717, 1.165) is 9.35 Å². The Labute approximate surface area is 143 Å². The van der Waals surface area contributed by atoms with Crippen LogP contribution in [-0.4, -0.2) is 17.6 Å². The summed E-state index contributed by atoms with van der Waals surface area (Å²) in [6.45, 7) is 0.0708. The highest BCUT2D eigenvalue weighted by Gasteiger charge is 2.34. The number of halogens is 1. The minimum absolute atomic E-state index is 0.0708. The third-order valence-electron chi connectivity index (χ3n) is 3.22. The molecular weight excluding hydrogens is 386 g/mol. The predicted octanol–water partition coefficient (Wildman–Crippen LogP) is 3.83. The van der Waals surface area contributed by atoms with Gasteiger partial charge in [-0.05, 0) is 39.5 Å². The molecule has 3 aromatic rings. The van der Waals surface area contributed by atoms with Crippen molar-refractivity contribution >= 4 is 44.5 Å². The van der Waals surface area contributed by atoms with E-state index in [2.05, 4.69) is 21.2 Å². The summed E-state index contributed by atoms with van der Waals surface area (Å²) in [6.07, 6.45) is 3.00. The normalized spacial score (nSPS) is 13.7. The van der Waals surface area contributed by atoms with Gasteiger partial charge in [0.15, 0.2) is 0 Å². The van der Waals surface area contributed by atoms with Crippen molar-refractivity contribution in [3.63, 3.8) is 0 Å². The molecule has 0 aliphatic carbocycles. The van der Waals surface area contributed by atoms with Gasteiger partial charge >= 0.3 is 0 Å². The van der Waals surface area contributed by atoms with E-state index in [-0.39, 0.29) is 12.5 Å². The molecule has 3 heterocycles. The Morgan fingerprint density at radius 2 is 2.27 bits per heavy atom. The van der Waals surface area contributed by atoms with Gasteiger partial charge in [0, 0.05) is 20.3 Å². The van der Waals surface area contributed by atoms with Gasteiger partial charge in [0.1, 0.15) is 5.60 Å². The molecule has 0 saturated carbocycles. The Hall–Kier alpha value is -1.41. The van der Waals surface area contributed by atoms with E-state index in [1.165, 1.54) is 35.2 Å². The van der Waals surface area contributed by atoms with E-state index in [1.54, 1.807) is 12.1 Å². The number of thiophene rings is 2. The fraction of sp³-hybridized carbons (Fsp3) is 0.133. The molecule has 0 saturated heterocycles. The Bertz CT molecular complexity index is 715. The first-order valence-electron chi connectivity index (χ1n) is 6.41. The summed E-state index contributed by atoms with van der Waals surface area (Å²) in [5.41, 5.74) is -0.687. The van der Waals surface area contributed by atoms with Gasteiger partial charge in [-0.15, -0.1) is 22.7 Å². The van der Waals surface area contributed by atoms with Crippen LogP contribution in [0.15, 0.2) is 56.4 Å². The smallest absolute Gasteiger partial charge is 0.261 e. The molecule has 1 amide bonds. The van der Waals surface area contributed by atoms with Crippen molar-refractivity contribution < 1.29 is 14.3 Å². The van der Waals surface area contributed by atoms with E-state index >= 15 is 0 Å². The molecule has 0 bridgehead atoms. The maximum absolute atomic E-state index is 12.2. The molecule has 0 aromatic carbocycles. The maximum atomic E-state index is 12.2. The fourth-order valence-electron chi connectivity index (χ4n) is 2.07. The summed E-state index contributed by atoms with van der Waals surface area (Å²) in [7, 11) is 0. The third kappa shape index (κ3) is 3.03. The van der Waals surface area contributed by atoms with Crippen LogP contribution in [0.5, 0.6) is 0 Å². The van der Waals surface area contributed by atoms with Crippen LogP contribution in [0.2, 0.25) is 0 Å². The molecule has 0 fully saturated rings. The Balaban J connectivity index is 1.81. The lowest BCUT2D eigenvalue weighted by molar-refractivity contribution is 0.0716. The minimum Gasteiger partial charge on any atom is -0.472 e. The van der Waals surface area contributed by atoms with Gasteiger partial charge in [-0.3, -0.25) is 4.79 Å². The number of carbonyl (C=O) groups excluding carboxylic acids is 1. The highest BCUT2D eigenvalue weighted by atomic mass is 79.9. The molecule has 1 unspecified atom stereocenters. The van der Waals surface area contributed by atoms with Gasteiger partial charge in [0.05, 0.1) is 23.9 Å². The summed E-state index contributed by atoms with van der Waals surface area (Å²) in [5.74, 6) is -0.214. The SMILES string of the molecule is O=C(NCC(O)(c1ccoc1)c1cccs1)c1cc(Br)cs1. The van der Waals surface area contributed by atoms with Crippen LogP contribution in [0.4, 0.5) is 0 Å². The van der Waals surface area contributed by atoms with Gasteiger partial charge in [-0.25, -0.2) is 0 Å². The first-order chi connectivity index (χ1) is 10.6. The second-order valence-electron chi connectivity index (χ2n) is 4.66. The molecule has 3 aromatic heterocycles. The number of hydrogen-bond donors (Lipinski definition) is 2. The minimum atomic E-state index is -1.30. The van der Waals surface area contributed by atoms with E-state index in [0.29, 0.717) is 10.4 Å². The van der Waals surface area contributed by atoms with Crippen LogP contribution >= 0.6 is 38.6 Å². The van der Waals surface area contributed by atoms with Gasteiger partial charge in [-0.2, -0.15) is 0 Å². The summed E-state index contributed by atoms with van der Waals surface area (Å²) < 4.78 is 5.95. The monoisotopic (exact) mass is 397 g/mol. The van der Waals surface area contributed by atoms with E-state index in [9.17, 15) is 9.90 Å². The van der Waals surface area contributed by atoms with Crippen molar-refractivity contribution in [3.05, 3.63) is 67.3 Å². The molecule has 7 heteroatoms. The van der Waals surface area contributed by atoms with Crippen molar-refractivity contribution in [1.82, 2.24) is 5.32 Å². The largest absolute Gasteiger partial charge is 0.472 e. The van der Waals surface area contributed by atoms with Gasteiger partial charge < -0.3 is 14.8 Å². The number of amides is 1. The Kier molecular flexibility index (Phi) is 4.49. The van der Waals surface area contributed by atoms with Gasteiger partial charge in [0.25, 0.3) is 5.91 Å². The molecule has 22 heavy (non-hydrogen) atoms. The predicted molar refractivity (Wildman–Crippen MR) is 90.4 cm³/mol. The van der Waals surface area contributed by atoms with Crippen LogP contribution in [-0.2, 0) is 5.60 Å². The van der Waals surface area contributed by atoms with E-state index < -0.39 is 5.60 Å². The van der Waals surface area contributed by atoms with Crippen LogP contribution in [0.3, 0.4) is 0 Å². The first kappa shape index (κ1) is 15.5. The molecule has 0 radical (unpaired) electrons. The lowest BCUT2D eigenvalue weighted by Gasteiger charge is -2.26. The lowest BCUT2D eigenvalue weighted by atomic mass is 9.94. The van der Waals surface area contributed by atoms with Crippen LogP contribution in [0, 0.1) is 0 Å². The molecule has 0 spiro atoms. The number of nitrogens with one attached hydrogen (secondary N) is 1. The molecule has 4 nitrogen and oxygen atoms in total. The summed E-state index contributed by atoms with van der Waals surface area (Å²) in [6, 6.07) is 7.16. The third-order valence-corrected chi connectivity index (χ3v) is 5.93. The molecule has 114 valence electrons. The average Bonchev–Trinajstić information content (AvgIpc) is 3.24. The Morgan fingerprint density at radius 3 is 2.86 bits per heavy atom. The van der Waals surface area contributed by atoms with Crippen molar-refractivity contribution in [3.8, 4) is 0 Å². The zero-order valence-electron chi connectivity index (χ0n) is 11.3. The summed E-state index contributed by atoms with van der Waals surface area (Å²) in [4.78, 5) is 13.5. The molecule has 0 aliphatic rings. The molecule has 2 N–H and O–H groups in total. The van der Waals surface area contributed by atoms with Crippen LogP contribution in [0.25, 0.3) is 0 Å². The molecule has 0 aliphatic heterocycles. The molecular formula is C15H12BrNO3S2. The number of hydrogen-bond acceptors (Lipinski definition) is 5. The lowest BCUT2D eigenvalue weighted by Crippen LogP contribution is -2.40. The molecule has 3 rings (SSSR count). The van der Waals surface area contributed by atoms with Crippen LogP contribution in [0.1, 0.15) is 20.1 Å². The standard InChI is InChI=1S/C15H12BrNO3S2/c16-11-6-12(22-8-11)14(18)17-9-15(19,10-3-4-20-7-10)13-2-1-5-21-13/h1-8,19H,9H2,(H,17,18). The van der Waals surface area contributed by atoms with Gasteiger partial charge in [0.2, 0.25) is 0 Å². The van der Waals surface area contributed by atoms with Crippen molar-refractivity contribution in [2.75, 3.05) is 6.54 Å². The average molecular weight is 398 g/mol. The molecule has 1 atom stereocenters. The first-order valence-corrected chi connectivity index (χ1v) is 8.96. The van der Waals surface area contributed by atoms with Crippen molar-refractivity contribution in [2.45, 2.75) is 5.60 Å². The fourth-order valence-corrected chi connectivity index (χ4v) is 4.26.